The van der Waals surface area contributed by atoms with E-state index < -0.39 is 23.5 Å². The number of benzene rings is 2. The highest BCUT2D eigenvalue weighted by atomic mass is 32.1. The Morgan fingerprint density at radius 2 is 1.62 bits per heavy atom. The summed E-state index contributed by atoms with van der Waals surface area (Å²) in [6, 6.07) is 16.1. The summed E-state index contributed by atoms with van der Waals surface area (Å²) in [7, 11) is 0. The van der Waals surface area contributed by atoms with Crippen molar-refractivity contribution in [3.63, 3.8) is 0 Å². The van der Waals surface area contributed by atoms with E-state index in [1.165, 1.54) is 6.20 Å². The molecule has 0 aliphatic heterocycles. The molecule has 8 nitrogen and oxygen atoms in total. The van der Waals surface area contributed by atoms with Crippen molar-refractivity contribution in [3.8, 4) is 11.1 Å². The Kier molecular flexibility index (Phi) is 6.65. The zero-order valence-corrected chi connectivity index (χ0v) is 19.6. The van der Waals surface area contributed by atoms with Crippen molar-refractivity contribution in [2.75, 3.05) is 11.9 Å². The average molecular weight is 480 g/mol. The van der Waals surface area contributed by atoms with Gasteiger partial charge in [0.1, 0.15) is 17.0 Å². The van der Waals surface area contributed by atoms with Crippen molar-refractivity contribution in [3.05, 3.63) is 70.7 Å². The van der Waals surface area contributed by atoms with Crippen LogP contribution < -0.4 is 10.6 Å². The fraction of sp³-hybridized carbons (Fsp3) is 0.280. The topological polar surface area (TPSA) is 118 Å². The maximum absolute atomic E-state index is 12.6. The number of carbonyl (C=O) groups is 3. The summed E-state index contributed by atoms with van der Waals surface area (Å²) in [5.41, 5.74) is 3.15. The van der Waals surface area contributed by atoms with Crippen LogP contribution in [0.1, 0.15) is 53.4 Å². The molecule has 34 heavy (non-hydrogen) atoms. The average Bonchev–Trinajstić information content (AvgIpc) is 3.44. The van der Waals surface area contributed by atoms with Crippen LogP contribution in [0, 0.1) is 0 Å². The molecule has 2 aromatic carbocycles. The molecule has 9 heteroatoms. The number of aromatic nitrogens is 1. The van der Waals surface area contributed by atoms with Crippen LogP contribution in [0.2, 0.25) is 0 Å². The molecule has 1 aliphatic carbocycles. The molecule has 176 valence electrons. The molecule has 3 N–H and O–H groups in total. The van der Waals surface area contributed by atoms with Crippen molar-refractivity contribution in [2.24, 2.45) is 0 Å². The number of aliphatic carboxylic acids is 1. The molecule has 4 rings (SSSR count). The van der Waals surface area contributed by atoms with Gasteiger partial charge in [-0.15, -0.1) is 0 Å². The van der Waals surface area contributed by atoms with Gasteiger partial charge in [-0.1, -0.05) is 73.7 Å². The van der Waals surface area contributed by atoms with Crippen molar-refractivity contribution in [1.29, 1.82) is 0 Å². The van der Waals surface area contributed by atoms with E-state index in [4.69, 9.17) is 4.74 Å². The van der Waals surface area contributed by atoms with Gasteiger partial charge in [0.2, 0.25) is 0 Å². The van der Waals surface area contributed by atoms with Crippen LogP contribution >= 0.6 is 11.3 Å². The summed E-state index contributed by atoms with van der Waals surface area (Å²) >= 11 is 0.950. The van der Waals surface area contributed by atoms with Crippen LogP contribution in [0.5, 0.6) is 0 Å². The molecule has 0 unspecified atom stereocenters. The van der Waals surface area contributed by atoms with Crippen molar-refractivity contribution < 1.29 is 24.2 Å². The number of carbonyl (C=O) groups excluding carboxylic acids is 2. The quantitative estimate of drug-likeness (QED) is 0.424. The van der Waals surface area contributed by atoms with E-state index in [1.54, 1.807) is 13.8 Å². The lowest BCUT2D eigenvalue weighted by atomic mass is 9.93. The van der Waals surface area contributed by atoms with E-state index >= 15 is 0 Å². The van der Waals surface area contributed by atoms with Gasteiger partial charge in [-0.3, -0.25) is 10.1 Å². The number of rotatable bonds is 8. The lowest BCUT2D eigenvalue weighted by molar-refractivity contribution is -0.144. The van der Waals surface area contributed by atoms with Gasteiger partial charge in [0, 0.05) is 5.92 Å². The third kappa shape index (κ3) is 4.38. The molecule has 2 amide bonds. The number of anilines is 1. The van der Waals surface area contributed by atoms with Gasteiger partial charge in [0.15, 0.2) is 5.13 Å². The summed E-state index contributed by atoms with van der Waals surface area (Å²) in [4.78, 5) is 40.9. The third-order valence-electron chi connectivity index (χ3n) is 6.25. The minimum atomic E-state index is -1.35. The molecule has 1 heterocycles. The van der Waals surface area contributed by atoms with E-state index in [1.807, 2.05) is 36.4 Å². The molecule has 0 saturated heterocycles. The minimum Gasteiger partial charge on any atom is -0.480 e. The number of nitrogens with zero attached hydrogens (tertiary/aromatic N) is 1. The first kappa shape index (κ1) is 23.4. The first-order valence-corrected chi connectivity index (χ1v) is 11.8. The van der Waals surface area contributed by atoms with Crippen LogP contribution in [-0.2, 0) is 9.53 Å². The molecular formula is C25H25N3O5S. The van der Waals surface area contributed by atoms with Crippen molar-refractivity contribution in [2.45, 2.75) is 38.1 Å². The summed E-state index contributed by atoms with van der Waals surface area (Å²) in [5, 5.41) is 14.8. The Bertz CT molecular complexity index is 1190. The predicted octanol–water partition coefficient (Wildman–Crippen LogP) is 4.88. The maximum Gasteiger partial charge on any atom is 0.413 e. The fourth-order valence-corrected chi connectivity index (χ4v) is 4.92. The first-order valence-electron chi connectivity index (χ1n) is 11.0. The van der Waals surface area contributed by atoms with Gasteiger partial charge in [-0.2, -0.15) is 0 Å². The molecule has 0 spiro atoms. The lowest BCUT2D eigenvalue weighted by Gasteiger charge is -2.27. The summed E-state index contributed by atoms with van der Waals surface area (Å²) in [6.45, 7) is 3.57. The van der Waals surface area contributed by atoms with Crippen LogP contribution in [0.15, 0.2) is 54.7 Å². The zero-order valence-electron chi connectivity index (χ0n) is 18.8. The zero-order chi connectivity index (χ0) is 24.3. The number of thiazole rings is 1. The van der Waals surface area contributed by atoms with E-state index in [2.05, 4.69) is 27.8 Å². The molecule has 0 atom stereocenters. The molecule has 0 bridgehead atoms. The number of carboxylic acid groups (broad SMARTS) is 1. The Hall–Kier alpha value is -3.72. The predicted molar refractivity (Wildman–Crippen MR) is 129 cm³/mol. The number of amides is 2. The molecule has 3 aromatic rings. The van der Waals surface area contributed by atoms with Crippen LogP contribution in [0.3, 0.4) is 0 Å². The number of hydrogen-bond donors (Lipinski definition) is 3. The summed E-state index contributed by atoms with van der Waals surface area (Å²) in [5.74, 6) is -1.71. The normalized spacial score (nSPS) is 12.5. The molecule has 1 aromatic heterocycles. The van der Waals surface area contributed by atoms with Crippen LogP contribution in [0.4, 0.5) is 9.93 Å². The number of ether oxygens (including phenoxy) is 1. The first-order chi connectivity index (χ1) is 16.4. The molecule has 1 aliphatic rings. The Labute approximate surface area is 201 Å². The lowest BCUT2D eigenvalue weighted by Crippen LogP contribution is -2.53. The van der Waals surface area contributed by atoms with Gasteiger partial charge in [0.25, 0.3) is 5.91 Å². The Morgan fingerprint density at radius 1 is 1.03 bits per heavy atom. The second-order valence-electron chi connectivity index (χ2n) is 8.03. The van der Waals surface area contributed by atoms with Crippen molar-refractivity contribution in [1.82, 2.24) is 10.3 Å². The summed E-state index contributed by atoms with van der Waals surface area (Å²) < 4.78 is 5.50. The Morgan fingerprint density at radius 3 is 2.18 bits per heavy atom. The smallest absolute Gasteiger partial charge is 0.413 e. The number of fused-ring (bicyclic) bond motifs is 3. The highest BCUT2D eigenvalue weighted by Crippen LogP contribution is 2.44. The van der Waals surface area contributed by atoms with Gasteiger partial charge < -0.3 is 15.2 Å². The number of carboxylic acids is 1. The SMILES string of the molecule is CCC(CC)(NC(=O)c1cnc(NC(=O)OCC2c3ccccc3-c3ccccc32)s1)C(=O)O. The van der Waals surface area contributed by atoms with Crippen LogP contribution in [-0.4, -0.2) is 40.2 Å². The second-order valence-corrected chi connectivity index (χ2v) is 9.06. The number of hydrogen-bond acceptors (Lipinski definition) is 6. The fourth-order valence-electron chi connectivity index (χ4n) is 4.22. The third-order valence-corrected chi connectivity index (χ3v) is 7.16. The van der Waals surface area contributed by atoms with Crippen molar-refractivity contribution >= 4 is 34.4 Å². The van der Waals surface area contributed by atoms with Gasteiger partial charge >= 0.3 is 12.1 Å². The highest BCUT2D eigenvalue weighted by Gasteiger charge is 2.37. The molecule has 0 radical (unpaired) electrons. The van der Waals surface area contributed by atoms with Gasteiger partial charge in [0.05, 0.1) is 6.20 Å². The summed E-state index contributed by atoms with van der Waals surface area (Å²) in [6.07, 6.45) is 1.12. The molecule has 0 saturated carbocycles. The Balaban J connectivity index is 1.39. The standard InChI is InChI=1S/C25H25N3O5S/c1-3-25(4-2,22(30)31)28-21(29)20-13-26-23(34-20)27-24(32)33-14-19-17-11-7-5-9-15(17)16-10-6-8-12-18(16)19/h5-13,19H,3-4,14H2,1-2H3,(H,28,29)(H,30,31)(H,26,27,32). The largest absolute Gasteiger partial charge is 0.480 e. The monoisotopic (exact) mass is 479 g/mol. The molecular weight excluding hydrogens is 454 g/mol. The minimum absolute atomic E-state index is 0.0667. The highest BCUT2D eigenvalue weighted by molar-refractivity contribution is 7.17. The van der Waals surface area contributed by atoms with Gasteiger partial charge in [-0.25, -0.2) is 14.6 Å². The van der Waals surface area contributed by atoms with E-state index in [9.17, 15) is 19.5 Å². The molecule has 0 fully saturated rings. The number of nitrogens with one attached hydrogen (secondary N) is 2. The van der Waals surface area contributed by atoms with E-state index in [0.717, 1.165) is 33.6 Å². The van der Waals surface area contributed by atoms with Crippen LogP contribution in [0.25, 0.3) is 11.1 Å². The van der Waals surface area contributed by atoms with E-state index in [0.29, 0.717) is 0 Å². The second kappa shape index (κ2) is 9.64. The maximum atomic E-state index is 12.6. The van der Waals surface area contributed by atoms with Gasteiger partial charge in [-0.05, 0) is 35.1 Å². The van der Waals surface area contributed by atoms with E-state index in [-0.39, 0.29) is 35.4 Å².